The van der Waals surface area contributed by atoms with Crippen LogP contribution in [0.1, 0.15) is 55.6 Å². The highest BCUT2D eigenvalue weighted by molar-refractivity contribution is 8.16. The molecular formula is C17H25NO2S2. The van der Waals surface area contributed by atoms with Gasteiger partial charge in [0.2, 0.25) is 0 Å². The molecule has 1 fully saturated rings. The molecule has 1 aliphatic rings. The highest BCUT2D eigenvalue weighted by Crippen LogP contribution is 2.46. The van der Waals surface area contributed by atoms with Crippen LogP contribution in [0.15, 0.2) is 24.3 Å². The molecule has 0 atom stereocenters. The Hall–Kier alpha value is -0.680. The van der Waals surface area contributed by atoms with Crippen LogP contribution in [0.4, 0.5) is 5.69 Å². The molecule has 0 aromatic heterocycles. The monoisotopic (exact) mass is 339 g/mol. The molecule has 0 unspecified atom stereocenters. The van der Waals surface area contributed by atoms with Crippen molar-refractivity contribution in [2.45, 2.75) is 50.0 Å². The van der Waals surface area contributed by atoms with Crippen LogP contribution in [-0.2, 0) is 0 Å². The number of nitro groups is 1. The summed E-state index contributed by atoms with van der Waals surface area (Å²) < 4.78 is 0.442. The fraction of sp³-hybridized carbons (Fsp3) is 0.647. The lowest BCUT2D eigenvalue weighted by Gasteiger charge is -2.28. The Morgan fingerprint density at radius 2 is 1.73 bits per heavy atom. The van der Waals surface area contributed by atoms with Gasteiger partial charge in [-0.1, -0.05) is 51.2 Å². The van der Waals surface area contributed by atoms with E-state index >= 15 is 0 Å². The first-order valence-electron chi connectivity index (χ1n) is 8.18. The van der Waals surface area contributed by atoms with Gasteiger partial charge in [0.05, 0.1) is 9.51 Å². The summed E-state index contributed by atoms with van der Waals surface area (Å²) in [5.74, 6) is 3.29. The SMILES string of the molecule is CCCCCCCC1CSC(c2ccc([N+](=O)[O-])cc2)SC1. The molecule has 0 aliphatic carbocycles. The van der Waals surface area contributed by atoms with E-state index in [2.05, 4.69) is 6.92 Å². The summed E-state index contributed by atoms with van der Waals surface area (Å²) in [4.78, 5) is 10.4. The summed E-state index contributed by atoms with van der Waals surface area (Å²) in [6, 6.07) is 7.06. The Bertz CT molecular complexity index is 456. The van der Waals surface area contributed by atoms with Crippen molar-refractivity contribution in [3.05, 3.63) is 39.9 Å². The Morgan fingerprint density at radius 3 is 2.32 bits per heavy atom. The summed E-state index contributed by atoms with van der Waals surface area (Å²) in [5, 5.41) is 10.7. The first-order valence-corrected chi connectivity index (χ1v) is 10.3. The van der Waals surface area contributed by atoms with Gasteiger partial charge in [0.25, 0.3) is 5.69 Å². The van der Waals surface area contributed by atoms with Gasteiger partial charge in [-0.05, 0) is 29.4 Å². The van der Waals surface area contributed by atoms with Crippen LogP contribution in [0.5, 0.6) is 0 Å². The van der Waals surface area contributed by atoms with Crippen molar-refractivity contribution in [2.75, 3.05) is 11.5 Å². The van der Waals surface area contributed by atoms with Crippen molar-refractivity contribution in [3.8, 4) is 0 Å². The summed E-state index contributed by atoms with van der Waals surface area (Å²) in [7, 11) is 0. The van der Waals surface area contributed by atoms with E-state index in [1.165, 1.54) is 55.6 Å². The second kappa shape index (κ2) is 9.46. The Morgan fingerprint density at radius 1 is 1.09 bits per heavy atom. The van der Waals surface area contributed by atoms with Crippen molar-refractivity contribution >= 4 is 29.2 Å². The Labute approximate surface area is 141 Å². The van der Waals surface area contributed by atoms with Gasteiger partial charge in [-0.15, -0.1) is 23.5 Å². The number of nitro benzene ring substituents is 1. The number of benzene rings is 1. The maximum atomic E-state index is 10.7. The summed E-state index contributed by atoms with van der Waals surface area (Å²) in [5.41, 5.74) is 1.39. The molecule has 5 heteroatoms. The van der Waals surface area contributed by atoms with E-state index in [0.29, 0.717) is 4.58 Å². The molecule has 0 spiro atoms. The van der Waals surface area contributed by atoms with Crippen molar-refractivity contribution in [1.29, 1.82) is 0 Å². The maximum Gasteiger partial charge on any atom is 0.269 e. The molecule has 1 aromatic carbocycles. The second-order valence-corrected chi connectivity index (χ2v) is 8.49. The van der Waals surface area contributed by atoms with E-state index in [9.17, 15) is 10.1 Å². The number of unbranched alkanes of at least 4 members (excludes halogenated alkanes) is 4. The number of thioether (sulfide) groups is 2. The normalized spacial score (nSPS) is 21.7. The lowest BCUT2D eigenvalue weighted by molar-refractivity contribution is -0.384. The average Bonchev–Trinajstić information content (AvgIpc) is 2.55. The minimum atomic E-state index is -0.334. The summed E-state index contributed by atoms with van der Waals surface area (Å²) in [6.45, 7) is 2.26. The maximum absolute atomic E-state index is 10.7. The number of hydrogen-bond acceptors (Lipinski definition) is 4. The van der Waals surface area contributed by atoms with Gasteiger partial charge >= 0.3 is 0 Å². The van der Waals surface area contributed by atoms with Gasteiger partial charge < -0.3 is 0 Å². The Kier molecular flexibility index (Phi) is 7.60. The van der Waals surface area contributed by atoms with Crippen LogP contribution in [-0.4, -0.2) is 16.4 Å². The number of nitrogens with zero attached hydrogens (tertiary/aromatic N) is 1. The molecule has 0 N–H and O–H groups in total. The van der Waals surface area contributed by atoms with Crippen molar-refractivity contribution in [3.63, 3.8) is 0 Å². The molecule has 0 saturated carbocycles. The van der Waals surface area contributed by atoms with Crippen LogP contribution < -0.4 is 0 Å². The van der Waals surface area contributed by atoms with Crippen LogP contribution in [0.3, 0.4) is 0 Å². The van der Waals surface area contributed by atoms with Gasteiger partial charge in [0, 0.05) is 12.1 Å². The molecule has 122 valence electrons. The zero-order chi connectivity index (χ0) is 15.8. The fourth-order valence-corrected chi connectivity index (χ4v) is 5.86. The predicted octanol–water partition coefficient (Wildman–Crippen LogP) is 6.05. The molecule has 1 heterocycles. The topological polar surface area (TPSA) is 43.1 Å². The molecule has 0 bridgehead atoms. The largest absolute Gasteiger partial charge is 0.269 e. The van der Waals surface area contributed by atoms with Crippen molar-refractivity contribution < 1.29 is 4.92 Å². The van der Waals surface area contributed by atoms with Crippen molar-refractivity contribution in [2.24, 2.45) is 5.92 Å². The van der Waals surface area contributed by atoms with Gasteiger partial charge in [-0.25, -0.2) is 0 Å². The number of non-ortho nitro benzene ring substituents is 1. The molecule has 2 rings (SSSR count). The first kappa shape index (κ1) is 17.7. The molecule has 0 amide bonds. The molecule has 1 aromatic rings. The molecule has 22 heavy (non-hydrogen) atoms. The van der Waals surface area contributed by atoms with E-state index in [1.54, 1.807) is 12.1 Å². The summed E-state index contributed by atoms with van der Waals surface area (Å²) in [6.07, 6.45) is 8.17. The minimum Gasteiger partial charge on any atom is -0.258 e. The van der Waals surface area contributed by atoms with Crippen LogP contribution in [0.2, 0.25) is 0 Å². The molecule has 0 radical (unpaired) electrons. The highest BCUT2D eigenvalue weighted by atomic mass is 32.2. The quantitative estimate of drug-likeness (QED) is 0.328. The van der Waals surface area contributed by atoms with Gasteiger partial charge in [0.15, 0.2) is 0 Å². The average molecular weight is 340 g/mol. The number of hydrogen-bond donors (Lipinski definition) is 0. The lowest BCUT2D eigenvalue weighted by atomic mass is 10.0. The third-order valence-corrected chi connectivity index (χ3v) is 7.35. The van der Waals surface area contributed by atoms with E-state index in [-0.39, 0.29) is 10.6 Å². The van der Waals surface area contributed by atoms with Gasteiger partial charge in [-0.3, -0.25) is 10.1 Å². The third kappa shape index (κ3) is 5.51. The Balaban J connectivity index is 1.71. The van der Waals surface area contributed by atoms with Gasteiger partial charge in [0.1, 0.15) is 0 Å². The first-order chi connectivity index (χ1) is 10.7. The van der Waals surface area contributed by atoms with Crippen molar-refractivity contribution in [1.82, 2.24) is 0 Å². The number of rotatable bonds is 8. The predicted molar refractivity (Wildman–Crippen MR) is 97.6 cm³/mol. The second-order valence-electron chi connectivity index (χ2n) is 5.92. The smallest absolute Gasteiger partial charge is 0.258 e. The zero-order valence-corrected chi connectivity index (χ0v) is 14.8. The highest BCUT2D eigenvalue weighted by Gasteiger charge is 2.23. The van der Waals surface area contributed by atoms with E-state index in [0.717, 1.165) is 5.92 Å². The lowest BCUT2D eigenvalue weighted by Crippen LogP contribution is -2.14. The molecule has 1 saturated heterocycles. The third-order valence-electron chi connectivity index (χ3n) is 4.06. The molecular weight excluding hydrogens is 314 g/mol. The van der Waals surface area contributed by atoms with E-state index in [1.807, 2.05) is 35.7 Å². The fourth-order valence-electron chi connectivity index (χ4n) is 2.69. The molecule has 3 nitrogen and oxygen atoms in total. The van der Waals surface area contributed by atoms with E-state index in [4.69, 9.17) is 0 Å². The van der Waals surface area contributed by atoms with Crippen LogP contribution in [0, 0.1) is 16.0 Å². The summed E-state index contributed by atoms with van der Waals surface area (Å²) >= 11 is 4.00. The van der Waals surface area contributed by atoms with Crippen LogP contribution >= 0.6 is 23.5 Å². The van der Waals surface area contributed by atoms with Gasteiger partial charge in [-0.2, -0.15) is 0 Å². The minimum absolute atomic E-state index is 0.180. The molecule has 1 aliphatic heterocycles. The zero-order valence-electron chi connectivity index (χ0n) is 13.2. The van der Waals surface area contributed by atoms with Crippen LogP contribution in [0.25, 0.3) is 0 Å². The van der Waals surface area contributed by atoms with E-state index < -0.39 is 0 Å². The standard InChI is InChI=1S/C17H25NO2S2/c1-2-3-4-5-6-7-14-12-21-17(22-13-14)15-8-10-16(11-9-15)18(19)20/h8-11,14,17H,2-7,12-13H2,1H3.